The van der Waals surface area contributed by atoms with Crippen molar-refractivity contribution < 1.29 is 36.2 Å². The van der Waals surface area contributed by atoms with Crippen molar-refractivity contribution >= 4 is 16.0 Å². The summed E-state index contributed by atoms with van der Waals surface area (Å²) >= 11 is 0. The van der Waals surface area contributed by atoms with E-state index in [2.05, 4.69) is 9.71 Å². The molecule has 0 aromatic carbocycles. The van der Waals surface area contributed by atoms with E-state index in [4.69, 9.17) is 4.74 Å². The average molecular weight is 418 g/mol. The van der Waals surface area contributed by atoms with Crippen LogP contribution < -0.4 is 4.72 Å². The molecule has 0 unspecified atom stereocenters. The first-order chi connectivity index (χ1) is 12.9. The molecule has 0 bridgehead atoms. The number of sulfonamides is 1. The summed E-state index contributed by atoms with van der Waals surface area (Å²) in [6.45, 7) is 1.54. The zero-order valence-electron chi connectivity index (χ0n) is 14.7. The fourth-order valence-corrected chi connectivity index (χ4v) is 5.71. The normalized spacial score (nSPS) is 34.8. The van der Waals surface area contributed by atoms with Crippen LogP contribution in [-0.2, 0) is 25.7 Å². The van der Waals surface area contributed by atoms with Crippen LogP contribution in [0.25, 0.3) is 0 Å². The Morgan fingerprint density at radius 2 is 2.04 bits per heavy atom. The van der Waals surface area contributed by atoms with Gasteiger partial charge in [-0.2, -0.15) is 13.2 Å². The number of halogens is 3. The summed E-state index contributed by atoms with van der Waals surface area (Å²) in [6, 6.07) is 1.41. The Kier molecular flexibility index (Phi) is 3.99. The van der Waals surface area contributed by atoms with Gasteiger partial charge in [0.25, 0.3) is 10.0 Å². The fourth-order valence-electron chi connectivity index (χ4n) is 4.41. The maximum Gasteiger partial charge on any atom is 0.417 e. The highest BCUT2D eigenvalue weighted by atomic mass is 32.2. The van der Waals surface area contributed by atoms with Crippen molar-refractivity contribution in [1.82, 2.24) is 9.71 Å². The number of ether oxygens (including phenoxy) is 1. The molecule has 28 heavy (non-hydrogen) atoms. The van der Waals surface area contributed by atoms with Crippen LogP contribution in [-0.4, -0.2) is 41.7 Å². The van der Waals surface area contributed by atoms with Crippen molar-refractivity contribution in [3.8, 4) is 0 Å². The Hall–Kier alpha value is -1.98. The number of hydrogen-bond acceptors (Lipinski definition) is 6. The van der Waals surface area contributed by atoms with Gasteiger partial charge in [-0.25, -0.2) is 22.9 Å². The summed E-state index contributed by atoms with van der Waals surface area (Å²) in [6.07, 6.45) is -2.22. The van der Waals surface area contributed by atoms with E-state index in [0.29, 0.717) is 25.1 Å². The molecule has 2 aliphatic carbocycles. The van der Waals surface area contributed by atoms with E-state index in [0.717, 1.165) is 6.07 Å². The van der Waals surface area contributed by atoms with Crippen molar-refractivity contribution in [1.29, 1.82) is 0 Å². The molecular formula is C17H17F3N2O5S. The minimum absolute atomic E-state index is 0.0248. The number of nitrogens with one attached hydrogen (secondary N) is 1. The average Bonchev–Trinajstić information content (AvgIpc) is 3.01. The number of aliphatic hydroxyl groups is 1. The van der Waals surface area contributed by atoms with Gasteiger partial charge in [0.1, 0.15) is 11.7 Å². The van der Waals surface area contributed by atoms with E-state index in [-0.39, 0.29) is 17.9 Å². The van der Waals surface area contributed by atoms with Crippen LogP contribution in [0.5, 0.6) is 0 Å². The number of rotatable bonds is 3. The highest BCUT2D eigenvalue weighted by Gasteiger charge is 2.64. The summed E-state index contributed by atoms with van der Waals surface area (Å²) in [4.78, 5) is 15.5. The van der Waals surface area contributed by atoms with Gasteiger partial charge in [-0.05, 0) is 44.2 Å². The summed E-state index contributed by atoms with van der Waals surface area (Å²) in [5.74, 6) is -1.06. The maximum atomic E-state index is 12.7. The lowest BCUT2D eigenvalue weighted by atomic mass is 9.71. The first-order valence-electron chi connectivity index (χ1n) is 8.59. The van der Waals surface area contributed by atoms with E-state index in [1.807, 2.05) is 0 Å². The lowest BCUT2D eigenvalue weighted by molar-refractivity contribution is -0.140. The van der Waals surface area contributed by atoms with E-state index in [9.17, 15) is 31.5 Å². The van der Waals surface area contributed by atoms with Crippen LogP contribution in [0.2, 0.25) is 0 Å². The van der Waals surface area contributed by atoms with Crippen LogP contribution in [0.4, 0.5) is 13.2 Å². The Labute approximate surface area is 158 Å². The smallest absolute Gasteiger partial charge is 0.417 e. The SMILES string of the molecule is C[C@]1(NS(=O)(=O)c2ccc(C(F)(F)F)cn2)C=C2C(=O)O[C@@H]3CC[C@H](C1)[C@]23O. The number of carbonyl (C=O) groups is 1. The zero-order valence-corrected chi connectivity index (χ0v) is 15.5. The third-order valence-electron chi connectivity index (χ3n) is 5.63. The van der Waals surface area contributed by atoms with Crippen molar-refractivity contribution in [3.63, 3.8) is 0 Å². The van der Waals surface area contributed by atoms with Crippen LogP contribution >= 0.6 is 0 Å². The van der Waals surface area contributed by atoms with Gasteiger partial charge in [0.2, 0.25) is 0 Å². The van der Waals surface area contributed by atoms with Gasteiger partial charge in [-0.3, -0.25) is 0 Å². The van der Waals surface area contributed by atoms with E-state index in [1.165, 1.54) is 6.08 Å². The van der Waals surface area contributed by atoms with Crippen molar-refractivity contribution in [2.45, 2.75) is 54.6 Å². The van der Waals surface area contributed by atoms with E-state index >= 15 is 0 Å². The van der Waals surface area contributed by atoms with Crippen molar-refractivity contribution in [2.75, 3.05) is 0 Å². The molecule has 4 atom stereocenters. The van der Waals surface area contributed by atoms with Gasteiger partial charge in [-0.15, -0.1) is 0 Å². The molecule has 0 radical (unpaired) electrons. The predicted octanol–water partition coefficient (Wildman–Crippen LogP) is 1.53. The van der Waals surface area contributed by atoms with Crippen LogP contribution in [0.3, 0.4) is 0 Å². The molecule has 0 spiro atoms. The molecule has 4 rings (SSSR count). The standard InChI is InChI=1S/C17H17F3N2O5S/c1-15(6-9-2-4-12-16(9,24)11(7-15)14(23)27-12)22-28(25,26)13-5-3-10(8-21-13)17(18,19)20/h3,5,7-9,12,22,24H,2,4,6H2,1H3/t9-,12-,15-,16+/m1/s1. The molecule has 3 aliphatic rings. The molecule has 1 aromatic heterocycles. The summed E-state index contributed by atoms with van der Waals surface area (Å²) in [5.41, 5.74) is -3.69. The van der Waals surface area contributed by atoms with Crippen molar-refractivity contribution in [2.24, 2.45) is 5.92 Å². The third kappa shape index (κ3) is 2.83. The number of aromatic nitrogens is 1. The first kappa shape index (κ1) is 19.3. The van der Waals surface area contributed by atoms with Gasteiger partial charge in [-0.1, -0.05) is 6.08 Å². The highest BCUT2D eigenvalue weighted by Crippen LogP contribution is 2.53. The monoisotopic (exact) mass is 418 g/mol. The van der Waals surface area contributed by atoms with Gasteiger partial charge < -0.3 is 9.84 Å². The fraction of sp³-hybridized carbons (Fsp3) is 0.529. The van der Waals surface area contributed by atoms with Crippen LogP contribution in [0, 0.1) is 5.92 Å². The van der Waals surface area contributed by atoms with E-state index < -0.39 is 50.0 Å². The quantitative estimate of drug-likeness (QED) is 0.722. The molecule has 1 aliphatic heterocycles. The second-order valence-corrected chi connectivity index (χ2v) is 9.29. The summed E-state index contributed by atoms with van der Waals surface area (Å²) in [7, 11) is -4.27. The molecule has 11 heteroatoms. The second kappa shape index (κ2) is 5.77. The molecule has 1 saturated heterocycles. The minimum atomic E-state index is -4.63. The summed E-state index contributed by atoms with van der Waals surface area (Å²) in [5, 5.41) is 10.4. The number of esters is 1. The molecule has 2 fully saturated rings. The largest absolute Gasteiger partial charge is 0.455 e. The minimum Gasteiger partial charge on any atom is -0.455 e. The number of pyridine rings is 1. The molecule has 1 saturated carbocycles. The first-order valence-corrected chi connectivity index (χ1v) is 10.1. The molecule has 2 heterocycles. The Balaban J connectivity index is 1.65. The third-order valence-corrected chi connectivity index (χ3v) is 7.16. The van der Waals surface area contributed by atoms with Gasteiger partial charge in [0.15, 0.2) is 5.03 Å². The van der Waals surface area contributed by atoms with Gasteiger partial charge >= 0.3 is 12.1 Å². The maximum absolute atomic E-state index is 12.7. The lowest BCUT2D eigenvalue weighted by Crippen LogP contribution is -2.54. The van der Waals surface area contributed by atoms with E-state index in [1.54, 1.807) is 6.92 Å². The molecule has 2 N–H and O–H groups in total. The number of alkyl halides is 3. The Bertz CT molecular complexity index is 976. The molecule has 0 amide bonds. The van der Waals surface area contributed by atoms with Crippen molar-refractivity contribution in [3.05, 3.63) is 35.5 Å². The van der Waals surface area contributed by atoms with Crippen LogP contribution in [0.1, 0.15) is 31.7 Å². The molecule has 152 valence electrons. The lowest BCUT2D eigenvalue weighted by Gasteiger charge is -2.40. The summed E-state index contributed by atoms with van der Waals surface area (Å²) < 4.78 is 70.9. The second-order valence-electron chi connectivity index (χ2n) is 7.66. The van der Waals surface area contributed by atoms with Crippen LogP contribution in [0.15, 0.2) is 35.0 Å². The molecule has 1 aromatic rings. The number of carbonyl (C=O) groups excluding carboxylic acids is 1. The highest BCUT2D eigenvalue weighted by molar-refractivity contribution is 7.89. The predicted molar refractivity (Wildman–Crippen MR) is 88.2 cm³/mol. The molecule has 7 nitrogen and oxygen atoms in total. The topological polar surface area (TPSA) is 106 Å². The Morgan fingerprint density at radius 1 is 1.32 bits per heavy atom. The van der Waals surface area contributed by atoms with Gasteiger partial charge in [0, 0.05) is 11.7 Å². The number of nitrogens with zero attached hydrogens (tertiary/aromatic N) is 1. The van der Waals surface area contributed by atoms with Gasteiger partial charge in [0.05, 0.1) is 11.1 Å². The Morgan fingerprint density at radius 3 is 2.64 bits per heavy atom. The zero-order chi connectivity index (χ0) is 20.5. The number of hydrogen-bond donors (Lipinski definition) is 2. The molecular weight excluding hydrogens is 401 g/mol.